The van der Waals surface area contributed by atoms with E-state index in [2.05, 4.69) is 16.1 Å². The van der Waals surface area contributed by atoms with E-state index in [1.807, 2.05) is 12.1 Å². The number of nitrogens with one attached hydrogen (secondary N) is 1. The average molecular weight is 363 g/mol. The predicted octanol–water partition coefficient (Wildman–Crippen LogP) is 3.90. The number of rotatable bonds is 14. The van der Waals surface area contributed by atoms with Crippen molar-refractivity contribution in [3.8, 4) is 0 Å². The molecule has 0 aromatic heterocycles. The maximum absolute atomic E-state index is 11.5. The predicted molar refractivity (Wildman–Crippen MR) is 103 cm³/mol. The molecule has 5 nitrogen and oxygen atoms in total. The highest BCUT2D eigenvalue weighted by Gasteiger charge is 2.05. The summed E-state index contributed by atoms with van der Waals surface area (Å²) in [7, 11) is 2.84. The zero-order valence-electron chi connectivity index (χ0n) is 16.2. The summed E-state index contributed by atoms with van der Waals surface area (Å²) in [5, 5.41) is 3.48. The van der Waals surface area contributed by atoms with Crippen molar-refractivity contribution in [2.24, 2.45) is 0 Å². The number of hydrogen-bond donors (Lipinski definition) is 1. The van der Waals surface area contributed by atoms with Crippen LogP contribution < -0.4 is 5.32 Å². The molecule has 0 aliphatic heterocycles. The number of hydrogen-bond acceptors (Lipinski definition) is 5. The lowest BCUT2D eigenvalue weighted by Crippen LogP contribution is -2.16. The van der Waals surface area contributed by atoms with E-state index >= 15 is 0 Å². The summed E-state index contributed by atoms with van der Waals surface area (Å²) >= 11 is 0. The Kier molecular flexibility index (Phi) is 12.2. The van der Waals surface area contributed by atoms with Crippen LogP contribution in [-0.2, 0) is 20.7 Å². The van der Waals surface area contributed by atoms with Crippen LogP contribution in [0.2, 0.25) is 0 Å². The highest BCUT2D eigenvalue weighted by atomic mass is 16.5. The third-order valence-electron chi connectivity index (χ3n) is 4.38. The number of ether oxygens (including phenoxy) is 2. The summed E-state index contributed by atoms with van der Waals surface area (Å²) in [6, 6.07) is 7.66. The molecule has 0 fully saturated rings. The number of unbranched alkanes of at least 4 members (excludes halogenated alkanes) is 5. The lowest BCUT2D eigenvalue weighted by Gasteiger charge is -2.06. The van der Waals surface area contributed by atoms with Gasteiger partial charge in [0.2, 0.25) is 0 Å². The average Bonchev–Trinajstić information content (AvgIpc) is 2.68. The first-order valence-corrected chi connectivity index (χ1v) is 9.62. The molecule has 0 aliphatic rings. The Morgan fingerprint density at radius 3 is 2.31 bits per heavy atom. The van der Waals surface area contributed by atoms with E-state index < -0.39 is 0 Å². The molecule has 0 amide bonds. The lowest BCUT2D eigenvalue weighted by atomic mass is 10.1. The molecule has 0 heterocycles. The number of aryl methyl sites for hydroxylation is 1. The number of carbonyl (C=O) groups excluding carboxylic acids is 2. The Labute approximate surface area is 157 Å². The fraction of sp³-hybridized carbons (Fsp3) is 0.619. The molecule has 1 aromatic rings. The largest absolute Gasteiger partial charge is 0.469 e. The molecular weight excluding hydrogens is 330 g/mol. The molecule has 0 radical (unpaired) electrons. The lowest BCUT2D eigenvalue weighted by molar-refractivity contribution is -0.140. The van der Waals surface area contributed by atoms with Gasteiger partial charge in [-0.1, -0.05) is 31.4 Å². The van der Waals surface area contributed by atoms with Crippen LogP contribution in [0.15, 0.2) is 24.3 Å². The normalized spacial score (nSPS) is 10.5. The first kappa shape index (κ1) is 22.2. The van der Waals surface area contributed by atoms with Crippen LogP contribution >= 0.6 is 0 Å². The molecular formula is C21H33NO4. The second-order valence-electron chi connectivity index (χ2n) is 6.49. The molecule has 0 spiro atoms. The van der Waals surface area contributed by atoms with E-state index in [1.165, 1.54) is 39.0 Å². The summed E-state index contributed by atoms with van der Waals surface area (Å²) in [5.74, 6) is -0.387. The second-order valence-corrected chi connectivity index (χ2v) is 6.49. The Bertz CT molecular complexity index is 530. The summed E-state index contributed by atoms with van der Waals surface area (Å²) in [5.41, 5.74) is 1.80. The van der Waals surface area contributed by atoms with Gasteiger partial charge in [0.05, 0.1) is 19.8 Å². The van der Waals surface area contributed by atoms with Crippen LogP contribution in [0.4, 0.5) is 0 Å². The molecule has 0 bridgehead atoms. The van der Waals surface area contributed by atoms with E-state index in [-0.39, 0.29) is 11.9 Å². The Morgan fingerprint density at radius 1 is 0.885 bits per heavy atom. The van der Waals surface area contributed by atoms with E-state index in [1.54, 1.807) is 6.07 Å². The summed E-state index contributed by atoms with van der Waals surface area (Å²) < 4.78 is 9.37. The van der Waals surface area contributed by atoms with Crippen molar-refractivity contribution in [2.45, 2.75) is 57.8 Å². The van der Waals surface area contributed by atoms with E-state index in [4.69, 9.17) is 4.74 Å². The van der Waals surface area contributed by atoms with Gasteiger partial charge in [-0.05, 0) is 62.9 Å². The van der Waals surface area contributed by atoms with Crippen LogP contribution in [0.5, 0.6) is 0 Å². The molecule has 0 aliphatic carbocycles. The van der Waals surface area contributed by atoms with E-state index in [0.29, 0.717) is 12.0 Å². The number of esters is 2. The number of benzene rings is 1. The van der Waals surface area contributed by atoms with Crippen molar-refractivity contribution >= 4 is 11.9 Å². The van der Waals surface area contributed by atoms with Gasteiger partial charge >= 0.3 is 11.9 Å². The van der Waals surface area contributed by atoms with Crippen molar-refractivity contribution < 1.29 is 19.1 Å². The molecule has 26 heavy (non-hydrogen) atoms. The summed E-state index contributed by atoms with van der Waals surface area (Å²) in [6.45, 7) is 2.08. The molecule has 1 aromatic carbocycles. The van der Waals surface area contributed by atoms with E-state index in [0.717, 1.165) is 45.2 Å². The molecule has 1 N–H and O–H groups in total. The van der Waals surface area contributed by atoms with Crippen molar-refractivity contribution in [1.29, 1.82) is 0 Å². The third kappa shape index (κ3) is 10.2. The summed E-state index contributed by atoms with van der Waals surface area (Å²) in [6.07, 6.45) is 9.33. The van der Waals surface area contributed by atoms with Gasteiger partial charge in [-0.15, -0.1) is 0 Å². The molecule has 0 saturated carbocycles. The highest BCUT2D eigenvalue weighted by molar-refractivity contribution is 5.89. The van der Waals surface area contributed by atoms with Crippen molar-refractivity contribution in [3.05, 3.63) is 35.4 Å². The Balaban J connectivity index is 1.95. The zero-order valence-corrected chi connectivity index (χ0v) is 16.2. The van der Waals surface area contributed by atoms with Gasteiger partial charge in [-0.2, -0.15) is 0 Å². The molecule has 0 saturated heterocycles. The quantitative estimate of drug-likeness (QED) is 0.401. The molecule has 0 unspecified atom stereocenters. The Hall–Kier alpha value is -1.88. The van der Waals surface area contributed by atoms with Gasteiger partial charge in [0.25, 0.3) is 0 Å². The van der Waals surface area contributed by atoms with E-state index in [9.17, 15) is 9.59 Å². The molecule has 0 atom stereocenters. The second kappa shape index (κ2) is 14.3. The van der Waals surface area contributed by atoms with Gasteiger partial charge < -0.3 is 14.8 Å². The van der Waals surface area contributed by atoms with Gasteiger partial charge in [0.15, 0.2) is 0 Å². The van der Waals surface area contributed by atoms with Crippen molar-refractivity contribution in [2.75, 3.05) is 27.3 Å². The minimum Gasteiger partial charge on any atom is -0.469 e. The molecule has 1 rings (SSSR count). The van der Waals surface area contributed by atoms with Gasteiger partial charge in [0.1, 0.15) is 0 Å². The van der Waals surface area contributed by atoms with Gasteiger partial charge in [-0.3, -0.25) is 4.79 Å². The minimum absolute atomic E-state index is 0.108. The number of methoxy groups -OCH3 is 2. The summed E-state index contributed by atoms with van der Waals surface area (Å²) in [4.78, 5) is 22.5. The first-order chi connectivity index (χ1) is 12.7. The molecule has 146 valence electrons. The molecule has 5 heteroatoms. The SMILES string of the molecule is COC(=O)CCCCCCCNCCCCc1cccc(C(=O)OC)c1. The third-order valence-corrected chi connectivity index (χ3v) is 4.38. The van der Waals surface area contributed by atoms with Gasteiger partial charge in [0, 0.05) is 6.42 Å². The topological polar surface area (TPSA) is 64.6 Å². The van der Waals surface area contributed by atoms with Crippen LogP contribution in [0.3, 0.4) is 0 Å². The minimum atomic E-state index is -0.279. The van der Waals surface area contributed by atoms with Crippen molar-refractivity contribution in [1.82, 2.24) is 5.32 Å². The monoisotopic (exact) mass is 363 g/mol. The maximum atomic E-state index is 11.5. The smallest absolute Gasteiger partial charge is 0.337 e. The van der Waals surface area contributed by atoms with Crippen molar-refractivity contribution in [3.63, 3.8) is 0 Å². The van der Waals surface area contributed by atoms with Crippen LogP contribution in [0.1, 0.15) is 67.3 Å². The van der Waals surface area contributed by atoms with Crippen LogP contribution in [0.25, 0.3) is 0 Å². The first-order valence-electron chi connectivity index (χ1n) is 9.62. The zero-order chi connectivity index (χ0) is 19.0. The Morgan fingerprint density at radius 2 is 1.58 bits per heavy atom. The fourth-order valence-electron chi connectivity index (χ4n) is 2.83. The standard InChI is InChI=1S/C21H33NO4/c1-25-20(23)14-6-4-3-5-8-15-22-16-9-7-11-18-12-10-13-19(17-18)21(24)26-2/h10,12-13,17,22H,3-9,11,14-16H2,1-2H3. The number of carbonyl (C=O) groups is 2. The van der Waals surface area contributed by atoms with Gasteiger partial charge in [-0.25, -0.2) is 4.79 Å². The fourth-order valence-corrected chi connectivity index (χ4v) is 2.83. The van der Waals surface area contributed by atoms with Crippen LogP contribution in [0, 0.1) is 0 Å². The highest BCUT2D eigenvalue weighted by Crippen LogP contribution is 2.10. The van der Waals surface area contributed by atoms with Crippen LogP contribution in [-0.4, -0.2) is 39.2 Å². The maximum Gasteiger partial charge on any atom is 0.337 e.